The quantitative estimate of drug-likeness (QED) is 0.715. The summed E-state index contributed by atoms with van der Waals surface area (Å²) in [5.74, 6) is -0.887. The Bertz CT molecular complexity index is 999. The molecule has 0 radical (unpaired) electrons. The van der Waals surface area contributed by atoms with Gasteiger partial charge in [0.25, 0.3) is 12.3 Å². The fraction of sp³-hybridized carbons (Fsp3) is 0.478. The third-order valence-corrected chi connectivity index (χ3v) is 6.36. The molecule has 4 rings (SSSR count). The highest BCUT2D eigenvalue weighted by Gasteiger charge is 2.41. The van der Waals surface area contributed by atoms with E-state index in [1.807, 2.05) is 12.1 Å². The lowest BCUT2D eigenvalue weighted by atomic mass is 9.77. The lowest BCUT2D eigenvalue weighted by molar-refractivity contribution is -0.117. The van der Waals surface area contributed by atoms with E-state index >= 15 is 0 Å². The molecule has 6 nitrogen and oxygen atoms in total. The third kappa shape index (κ3) is 4.06. The van der Waals surface area contributed by atoms with Crippen LogP contribution >= 0.6 is 0 Å². The van der Waals surface area contributed by atoms with Crippen LogP contribution in [0.4, 0.5) is 13.2 Å². The minimum Gasteiger partial charge on any atom is -0.385 e. The van der Waals surface area contributed by atoms with E-state index in [9.17, 15) is 23.1 Å². The van der Waals surface area contributed by atoms with E-state index in [4.69, 9.17) is 0 Å². The van der Waals surface area contributed by atoms with Crippen LogP contribution in [-0.2, 0) is 4.79 Å². The van der Waals surface area contributed by atoms with Gasteiger partial charge in [0.05, 0.1) is 22.8 Å². The summed E-state index contributed by atoms with van der Waals surface area (Å²) in [5.41, 5.74) is -0.884. The number of carbonyl (C=O) groups excluding carboxylic acids is 1. The zero-order valence-electron chi connectivity index (χ0n) is 18.1. The summed E-state index contributed by atoms with van der Waals surface area (Å²) in [6, 6.07) is 2.93. The van der Waals surface area contributed by atoms with Crippen LogP contribution < -0.4 is 5.32 Å². The van der Waals surface area contributed by atoms with Crippen molar-refractivity contribution in [3.8, 4) is 0 Å². The van der Waals surface area contributed by atoms with Crippen molar-refractivity contribution in [2.45, 2.75) is 57.1 Å². The van der Waals surface area contributed by atoms with Crippen molar-refractivity contribution in [2.24, 2.45) is 4.99 Å². The number of nitrogens with one attached hydrogen (secondary N) is 1. The highest BCUT2D eigenvalue weighted by molar-refractivity contribution is 6.07. The van der Waals surface area contributed by atoms with Gasteiger partial charge in [-0.05, 0) is 25.8 Å². The Morgan fingerprint density at radius 2 is 1.91 bits per heavy atom. The molecule has 1 aliphatic carbocycles. The second kappa shape index (κ2) is 8.71. The van der Waals surface area contributed by atoms with Crippen LogP contribution in [0.3, 0.4) is 0 Å². The van der Waals surface area contributed by atoms with Gasteiger partial charge in [0.15, 0.2) is 0 Å². The molecule has 0 bridgehead atoms. The first-order valence-corrected chi connectivity index (χ1v) is 10.8. The van der Waals surface area contributed by atoms with Gasteiger partial charge in [-0.15, -0.1) is 0 Å². The standard InChI is InChI=1S/C23H27F3N4O2/c1-14(16-7-6-8-17(19(16)24)20(25)26)28-22(31)15-11-18(23(32)9-4-3-5-10-23)21-27-13-29(2)30(21)12-15/h6-8,11-12,14,20,32H,3-5,9-10,13H2,1-2H3,(H,28,31)/t14-/m1/s1. The molecule has 0 spiro atoms. The molecule has 1 saturated carbocycles. The summed E-state index contributed by atoms with van der Waals surface area (Å²) >= 11 is 0. The molecule has 1 fully saturated rings. The number of amides is 1. The summed E-state index contributed by atoms with van der Waals surface area (Å²) < 4.78 is 40.6. The number of nitrogens with zero attached hydrogens (tertiary/aromatic N) is 3. The van der Waals surface area contributed by atoms with Gasteiger partial charge in [-0.1, -0.05) is 37.5 Å². The SMILES string of the molecule is C[C@@H](NC(=O)C1=CN2C(=NCN2C)C(C2(O)CCCCC2)=C1)c1cccc(C(F)F)c1F. The summed E-state index contributed by atoms with van der Waals surface area (Å²) in [7, 11) is 1.82. The van der Waals surface area contributed by atoms with Gasteiger partial charge in [0, 0.05) is 24.4 Å². The molecule has 9 heteroatoms. The molecule has 0 aromatic heterocycles. The maximum Gasteiger partial charge on any atom is 0.266 e. The molecular formula is C23H27F3N4O2. The van der Waals surface area contributed by atoms with Crippen molar-refractivity contribution in [3.63, 3.8) is 0 Å². The van der Waals surface area contributed by atoms with E-state index in [0.29, 0.717) is 30.9 Å². The fourth-order valence-electron chi connectivity index (χ4n) is 4.53. The number of fused-ring (bicyclic) bond motifs is 1. The predicted octanol–water partition coefficient (Wildman–Crippen LogP) is 3.98. The van der Waals surface area contributed by atoms with Crippen LogP contribution in [0.15, 0.2) is 46.6 Å². The Morgan fingerprint density at radius 1 is 1.22 bits per heavy atom. The lowest BCUT2D eigenvalue weighted by Crippen LogP contribution is -2.46. The van der Waals surface area contributed by atoms with E-state index in [1.54, 1.807) is 24.2 Å². The normalized spacial score (nSPS) is 21.6. The maximum atomic E-state index is 14.5. The van der Waals surface area contributed by atoms with Crippen molar-refractivity contribution in [1.29, 1.82) is 0 Å². The molecule has 0 saturated heterocycles. The zero-order valence-corrected chi connectivity index (χ0v) is 18.1. The number of hydrogen-bond acceptors (Lipinski definition) is 5. The number of halogens is 3. The molecule has 2 aliphatic heterocycles. The number of aliphatic hydroxyl groups is 1. The smallest absolute Gasteiger partial charge is 0.266 e. The number of alkyl halides is 2. The van der Waals surface area contributed by atoms with E-state index in [-0.39, 0.29) is 11.1 Å². The average Bonchev–Trinajstić information content (AvgIpc) is 3.14. The molecule has 32 heavy (non-hydrogen) atoms. The van der Waals surface area contributed by atoms with Crippen LogP contribution in [-0.4, -0.2) is 46.2 Å². The topological polar surface area (TPSA) is 68.2 Å². The molecule has 2 heterocycles. The highest BCUT2D eigenvalue weighted by atomic mass is 19.3. The fourth-order valence-corrected chi connectivity index (χ4v) is 4.53. The Kier molecular flexibility index (Phi) is 6.13. The number of carbonyl (C=O) groups is 1. The molecule has 3 aliphatic rings. The molecule has 0 unspecified atom stereocenters. The lowest BCUT2D eigenvalue weighted by Gasteiger charge is -2.38. The number of aliphatic imine (C=N–C) groups is 1. The van der Waals surface area contributed by atoms with Crippen molar-refractivity contribution in [3.05, 3.63) is 58.6 Å². The minimum absolute atomic E-state index is 0.0109. The number of hydrogen-bond donors (Lipinski definition) is 2. The number of amidine groups is 1. The minimum atomic E-state index is -2.94. The Labute approximate surface area is 185 Å². The first kappa shape index (κ1) is 22.5. The highest BCUT2D eigenvalue weighted by Crippen LogP contribution is 2.39. The first-order chi connectivity index (χ1) is 15.2. The van der Waals surface area contributed by atoms with E-state index < -0.39 is 35.4 Å². The van der Waals surface area contributed by atoms with Gasteiger partial charge in [-0.3, -0.25) is 9.80 Å². The predicted molar refractivity (Wildman–Crippen MR) is 114 cm³/mol. The van der Waals surface area contributed by atoms with E-state index in [2.05, 4.69) is 10.3 Å². The third-order valence-electron chi connectivity index (χ3n) is 6.36. The van der Waals surface area contributed by atoms with Gasteiger partial charge in [-0.25, -0.2) is 18.2 Å². The summed E-state index contributed by atoms with van der Waals surface area (Å²) in [6.07, 6.45) is 4.33. The second-order valence-electron chi connectivity index (χ2n) is 8.61. The Balaban J connectivity index is 1.61. The maximum absolute atomic E-state index is 14.5. The van der Waals surface area contributed by atoms with E-state index in [0.717, 1.165) is 25.3 Å². The van der Waals surface area contributed by atoms with Crippen molar-refractivity contribution in [1.82, 2.24) is 15.3 Å². The van der Waals surface area contributed by atoms with Crippen LogP contribution in [0.2, 0.25) is 0 Å². The summed E-state index contributed by atoms with van der Waals surface area (Å²) in [6.45, 7) is 1.94. The summed E-state index contributed by atoms with van der Waals surface area (Å²) in [5, 5.41) is 17.6. The molecule has 1 aromatic carbocycles. The Hall–Kier alpha value is -2.65. The van der Waals surface area contributed by atoms with Crippen LogP contribution in [0, 0.1) is 5.82 Å². The average molecular weight is 448 g/mol. The first-order valence-electron chi connectivity index (χ1n) is 10.8. The van der Waals surface area contributed by atoms with Gasteiger partial charge >= 0.3 is 0 Å². The van der Waals surface area contributed by atoms with Gasteiger partial charge in [-0.2, -0.15) is 5.01 Å². The largest absolute Gasteiger partial charge is 0.385 e. The number of benzene rings is 1. The molecule has 1 atom stereocenters. The van der Waals surface area contributed by atoms with Gasteiger partial charge in [0.1, 0.15) is 18.3 Å². The number of hydrazine groups is 1. The molecular weight excluding hydrogens is 421 g/mol. The van der Waals surface area contributed by atoms with E-state index in [1.165, 1.54) is 12.1 Å². The molecule has 172 valence electrons. The zero-order chi connectivity index (χ0) is 23.0. The van der Waals surface area contributed by atoms with Crippen molar-refractivity contribution >= 4 is 11.7 Å². The number of rotatable bonds is 5. The Morgan fingerprint density at radius 3 is 2.59 bits per heavy atom. The van der Waals surface area contributed by atoms with Gasteiger partial charge < -0.3 is 10.4 Å². The van der Waals surface area contributed by atoms with Gasteiger partial charge in [0.2, 0.25) is 0 Å². The van der Waals surface area contributed by atoms with Crippen LogP contribution in [0.25, 0.3) is 0 Å². The van der Waals surface area contributed by atoms with Crippen molar-refractivity contribution in [2.75, 3.05) is 13.7 Å². The second-order valence-corrected chi connectivity index (χ2v) is 8.61. The van der Waals surface area contributed by atoms with Crippen molar-refractivity contribution < 1.29 is 23.1 Å². The van der Waals surface area contributed by atoms with Crippen LogP contribution in [0.1, 0.15) is 62.6 Å². The monoisotopic (exact) mass is 448 g/mol. The summed E-state index contributed by atoms with van der Waals surface area (Å²) in [4.78, 5) is 17.6. The molecule has 2 N–H and O–H groups in total. The van der Waals surface area contributed by atoms with Crippen LogP contribution in [0.5, 0.6) is 0 Å². The molecule has 1 amide bonds. The molecule has 1 aromatic rings.